The normalized spacial score (nSPS) is 13.7. The molecule has 0 rings (SSSR count). The van der Waals surface area contributed by atoms with Crippen LogP contribution in [0.25, 0.3) is 0 Å². The van der Waals surface area contributed by atoms with E-state index in [1.165, 1.54) is 154 Å². The smallest absolute Gasteiger partial charge is 0.0328 e. The second-order valence-electron chi connectivity index (χ2n) is 10.4. The molecular weight excluding hydrogens is 348 g/mol. The van der Waals surface area contributed by atoms with Crippen molar-refractivity contribution in [2.75, 3.05) is 0 Å². The molecular formula is C29H60. The third kappa shape index (κ3) is 21.0. The van der Waals surface area contributed by atoms with E-state index in [-0.39, 0.29) is 0 Å². The van der Waals surface area contributed by atoms with Gasteiger partial charge in [0, 0.05) is 0 Å². The molecule has 0 aromatic carbocycles. The molecule has 0 aromatic rings. The summed E-state index contributed by atoms with van der Waals surface area (Å²) in [7, 11) is 0. The zero-order valence-electron chi connectivity index (χ0n) is 21.5. The van der Waals surface area contributed by atoms with E-state index in [1.54, 1.807) is 0 Å². The average Bonchev–Trinajstić information content (AvgIpc) is 2.73. The van der Waals surface area contributed by atoms with Crippen molar-refractivity contribution < 1.29 is 0 Å². The van der Waals surface area contributed by atoms with Crippen molar-refractivity contribution in [1.29, 1.82) is 0 Å². The average molecular weight is 409 g/mol. The maximum atomic E-state index is 2.54. The summed E-state index contributed by atoms with van der Waals surface area (Å²) >= 11 is 0. The van der Waals surface area contributed by atoms with Gasteiger partial charge < -0.3 is 0 Å². The molecule has 29 heavy (non-hydrogen) atoms. The van der Waals surface area contributed by atoms with Crippen LogP contribution in [0.5, 0.6) is 0 Å². The van der Waals surface area contributed by atoms with Gasteiger partial charge in [0.25, 0.3) is 0 Å². The van der Waals surface area contributed by atoms with E-state index < -0.39 is 0 Å². The lowest BCUT2D eigenvalue weighted by Crippen LogP contribution is -2.15. The summed E-state index contributed by atoms with van der Waals surface area (Å²) in [6.45, 7) is 9.57. The second-order valence-corrected chi connectivity index (χ2v) is 10.4. The van der Waals surface area contributed by atoms with Gasteiger partial charge >= 0.3 is 0 Å². The molecule has 0 aliphatic carbocycles. The summed E-state index contributed by atoms with van der Waals surface area (Å²) in [5.41, 5.74) is 0.629. The Kier molecular flexibility index (Phi) is 22.7. The van der Waals surface area contributed by atoms with Crippen LogP contribution in [-0.2, 0) is 0 Å². The highest BCUT2D eigenvalue weighted by molar-refractivity contribution is 4.72. The molecule has 0 heteroatoms. The lowest BCUT2D eigenvalue weighted by Gasteiger charge is -2.28. The van der Waals surface area contributed by atoms with Gasteiger partial charge in [0.15, 0.2) is 0 Å². The fraction of sp³-hybridized carbons (Fsp3) is 1.00. The van der Waals surface area contributed by atoms with Gasteiger partial charge in [0.1, 0.15) is 0 Å². The highest BCUT2D eigenvalue weighted by atomic mass is 14.3. The molecule has 1 unspecified atom stereocenters. The highest BCUT2D eigenvalue weighted by Gasteiger charge is 2.20. The molecule has 0 saturated carbocycles. The largest absolute Gasteiger partial charge is 0.0654 e. The van der Waals surface area contributed by atoms with Gasteiger partial charge in [-0.05, 0) is 18.3 Å². The summed E-state index contributed by atoms with van der Waals surface area (Å²) in [4.78, 5) is 0. The summed E-state index contributed by atoms with van der Waals surface area (Å²) in [5.74, 6) is 0. The van der Waals surface area contributed by atoms with Crippen molar-refractivity contribution in [3.63, 3.8) is 0 Å². The fourth-order valence-corrected chi connectivity index (χ4v) is 4.73. The van der Waals surface area contributed by atoms with Crippen LogP contribution in [0, 0.1) is 5.41 Å². The first-order valence-corrected chi connectivity index (χ1v) is 14.2. The van der Waals surface area contributed by atoms with E-state index in [2.05, 4.69) is 27.7 Å². The van der Waals surface area contributed by atoms with E-state index in [0.717, 1.165) is 0 Å². The molecule has 0 N–H and O–H groups in total. The Morgan fingerprint density at radius 1 is 0.345 bits per heavy atom. The minimum atomic E-state index is 0.629. The van der Waals surface area contributed by atoms with Crippen LogP contribution in [0.4, 0.5) is 0 Å². The molecule has 0 bridgehead atoms. The Morgan fingerprint density at radius 3 is 0.897 bits per heavy atom. The molecule has 0 saturated heterocycles. The van der Waals surface area contributed by atoms with Gasteiger partial charge in [-0.3, -0.25) is 0 Å². The topological polar surface area (TPSA) is 0 Å². The summed E-state index contributed by atoms with van der Waals surface area (Å²) < 4.78 is 0. The van der Waals surface area contributed by atoms with Gasteiger partial charge in [-0.25, -0.2) is 0 Å². The van der Waals surface area contributed by atoms with Crippen LogP contribution in [0.2, 0.25) is 0 Å². The van der Waals surface area contributed by atoms with E-state index in [9.17, 15) is 0 Å². The molecule has 0 aromatic heterocycles. The standard InChI is InChI=1S/C29H60/c1-5-8-10-11-12-13-14-15-16-17-18-19-20-21-22-23-24-26-28-29(4,7-3)27-25-9-6-2/h5-28H2,1-4H3. The molecule has 0 radical (unpaired) electrons. The zero-order chi connectivity index (χ0) is 21.5. The summed E-state index contributed by atoms with van der Waals surface area (Å²) in [5, 5.41) is 0. The van der Waals surface area contributed by atoms with Crippen molar-refractivity contribution >= 4 is 0 Å². The predicted octanol–water partition coefficient (Wildman–Crippen LogP) is 11.4. The Labute approximate surface area is 187 Å². The van der Waals surface area contributed by atoms with Crippen molar-refractivity contribution in [3.8, 4) is 0 Å². The maximum Gasteiger partial charge on any atom is -0.0328 e. The monoisotopic (exact) mass is 408 g/mol. The quantitative estimate of drug-likeness (QED) is 0.139. The Hall–Kier alpha value is 0. The first-order chi connectivity index (χ1) is 14.2. The van der Waals surface area contributed by atoms with Gasteiger partial charge in [-0.1, -0.05) is 169 Å². The molecule has 0 aliphatic rings. The molecule has 0 nitrogen and oxygen atoms in total. The minimum absolute atomic E-state index is 0.629. The van der Waals surface area contributed by atoms with Gasteiger partial charge in [0.05, 0.1) is 0 Å². The van der Waals surface area contributed by atoms with Gasteiger partial charge in [-0.15, -0.1) is 0 Å². The number of hydrogen-bond donors (Lipinski definition) is 0. The predicted molar refractivity (Wildman–Crippen MR) is 136 cm³/mol. The van der Waals surface area contributed by atoms with E-state index in [0.29, 0.717) is 5.41 Å². The Balaban J connectivity index is 3.25. The summed E-state index contributed by atoms with van der Waals surface area (Å²) in [6, 6.07) is 0. The van der Waals surface area contributed by atoms with Crippen molar-refractivity contribution in [2.45, 2.75) is 182 Å². The maximum absolute atomic E-state index is 2.54. The van der Waals surface area contributed by atoms with Crippen molar-refractivity contribution in [3.05, 3.63) is 0 Å². The minimum Gasteiger partial charge on any atom is -0.0654 e. The highest BCUT2D eigenvalue weighted by Crippen LogP contribution is 2.34. The van der Waals surface area contributed by atoms with Crippen LogP contribution in [0.15, 0.2) is 0 Å². The molecule has 1 atom stereocenters. The Morgan fingerprint density at radius 2 is 0.586 bits per heavy atom. The third-order valence-corrected chi connectivity index (χ3v) is 7.37. The number of hydrogen-bond acceptors (Lipinski definition) is 0. The molecule has 0 heterocycles. The molecule has 0 fully saturated rings. The summed E-state index contributed by atoms with van der Waals surface area (Å²) in [6.07, 6.45) is 35.1. The zero-order valence-corrected chi connectivity index (χ0v) is 21.5. The van der Waals surface area contributed by atoms with Crippen LogP contribution in [-0.4, -0.2) is 0 Å². The fourth-order valence-electron chi connectivity index (χ4n) is 4.73. The lowest BCUT2D eigenvalue weighted by atomic mass is 9.78. The van der Waals surface area contributed by atoms with Gasteiger partial charge in [0.2, 0.25) is 0 Å². The van der Waals surface area contributed by atoms with Crippen molar-refractivity contribution in [2.24, 2.45) is 5.41 Å². The first-order valence-electron chi connectivity index (χ1n) is 14.2. The van der Waals surface area contributed by atoms with Gasteiger partial charge in [-0.2, -0.15) is 0 Å². The lowest BCUT2D eigenvalue weighted by molar-refractivity contribution is 0.241. The third-order valence-electron chi connectivity index (χ3n) is 7.37. The molecule has 0 amide bonds. The van der Waals surface area contributed by atoms with Crippen molar-refractivity contribution in [1.82, 2.24) is 0 Å². The molecule has 0 spiro atoms. The SMILES string of the molecule is CCCCCCCCCCCCCCCCCCCCC(C)(CC)CCCCC. The van der Waals surface area contributed by atoms with Crippen LogP contribution < -0.4 is 0 Å². The molecule has 176 valence electrons. The Bertz CT molecular complexity index is 294. The molecule has 0 aliphatic heterocycles. The van der Waals surface area contributed by atoms with E-state index >= 15 is 0 Å². The first kappa shape index (κ1) is 29.0. The van der Waals surface area contributed by atoms with E-state index in [4.69, 9.17) is 0 Å². The van der Waals surface area contributed by atoms with Crippen LogP contribution in [0.1, 0.15) is 182 Å². The van der Waals surface area contributed by atoms with E-state index in [1.807, 2.05) is 0 Å². The number of unbranched alkanes of at least 4 members (excludes halogenated alkanes) is 19. The van der Waals surface area contributed by atoms with Crippen LogP contribution in [0.3, 0.4) is 0 Å². The van der Waals surface area contributed by atoms with Crippen LogP contribution >= 0.6 is 0 Å². The second kappa shape index (κ2) is 22.7. The number of rotatable bonds is 24.